The van der Waals surface area contributed by atoms with Crippen molar-refractivity contribution in [3.8, 4) is 0 Å². The Morgan fingerprint density at radius 2 is 2.14 bits per heavy atom. The number of hydrogen-bond donors (Lipinski definition) is 1. The number of nitrogens with zero attached hydrogens (tertiary/aromatic N) is 1. The van der Waals surface area contributed by atoms with Crippen LogP contribution in [0, 0.1) is 5.92 Å². The van der Waals surface area contributed by atoms with Gasteiger partial charge in [0.05, 0.1) is 0 Å². The molecule has 0 radical (unpaired) electrons. The van der Waals surface area contributed by atoms with Gasteiger partial charge in [0.25, 0.3) is 5.56 Å². The van der Waals surface area contributed by atoms with E-state index in [1.807, 2.05) is 13.8 Å². The zero-order valence-corrected chi connectivity index (χ0v) is 8.97. The molecule has 1 rings (SSSR count). The topological polar surface area (TPSA) is 54.9 Å². The minimum Gasteiger partial charge on any atom is -0.298 e. The van der Waals surface area contributed by atoms with Crippen LogP contribution in [-0.2, 0) is 6.54 Å². The summed E-state index contributed by atoms with van der Waals surface area (Å²) in [5, 5.41) is 0.0841. The maximum Gasteiger partial charge on any atom is 0.329 e. The lowest BCUT2D eigenvalue weighted by Gasteiger charge is -2.06. The average Bonchev–Trinajstić information content (AvgIpc) is 2.01. The number of H-pyrrole nitrogens is 1. The highest BCUT2D eigenvalue weighted by Crippen LogP contribution is 2.00. The normalized spacial score (nSPS) is 10.9. The number of rotatable bonds is 3. The highest BCUT2D eigenvalue weighted by atomic mass is 35.5. The molecule has 0 saturated heterocycles. The van der Waals surface area contributed by atoms with Crippen LogP contribution >= 0.6 is 11.6 Å². The Hall–Kier alpha value is -1.03. The van der Waals surface area contributed by atoms with Crippen LogP contribution < -0.4 is 11.2 Å². The van der Waals surface area contributed by atoms with E-state index in [-0.39, 0.29) is 10.7 Å². The number of aromatic nitrogens is 2. The van der Waals surface area contributed by atoms with Gasteiger partial charge in [-0.1, -0.05) is 25.4 Å². The van der Waals surface area contributed by atoms with Crippen molar-refractivity contribution in [2.45, 2.75) is 26.8 Å². The first kappa shape index (κ1) is 11.0. The standard InChI is InChI=1S/C9H13ClN2O2/c1-6(2)3-4-12-8(13)5-7(10)11-9(12)14/h5-6H,3-4H2,1-2H3,(H,11,14). The largest absolute Gasteiger partial charge is 0.329 e. The molecular formula is C9H13ClN2O2. The van der Waals surface area contributed by atoms with Crippen LogP contribution in [0.2, 0.25) is 5.15 Å². The summed E-state index contributed by atoms with van der Waals surface area (Å²) in [5.74, 6) is 0.456. The van der Waals surface area contributed by atoms with Gasteiger partial charge >= 0.3 is 5.69 Å². The van der Waals surface area contributed by atoms with Crippen LogP contribution in [0.3, 0.4) is 0 Å². The van der Waals surface area contributed by atoms with Crippen molar-refractivity contribution in [3.63, 3.8) is 0 Å². The molecule has 1 heterocycles. The number of hydrogen-bond acceptors (Lipinski definition) is 2. The van der Waals surface area contributed by atoms with Gasteiger partial charge in [-0.3, -0.25) is 14.3 Å². The van der Waals surface area contributed by atoms with Crippen LogP contribution in [0.1, 0.15) is 20.3 Å². The molecule has 0 aromatic carbocycles. The molecule has 0 fully saturated rings. The zero-order valence-electron chi connectivity index (χ0n) is 8.21. The van der Waals surface area contributed by atoms with E-state index in [2.05, 4.69) is 4.98 Å². The van der Waals surface area contributed by atoms with Crippen LogP contribution in [0.15, 0.2) is 15.7 Å². The van der Waals surface area contributed by atoms with E-state index >= 15 is 0 Å². The van der Waals surface area contributed by atoms with E-state index in [9.17, 15) is 9.59 Å². The predicted octanol–water partition coefficient (Wildman–Crippen LogP) is 1.24. The molecule has 0 atom stereocenters. The highest BCUT2D eigenvalue weighted by Gasteiger charge is 2.03. The van der Waals surface area contributed by atoms with E-state index in [1.54, 1.807) is 0 Å². The number of nitrogens with one attached hydrogen (secondary N) is 1. The van der Waals surface area contributed by atoms with Gasteiger partial charge in [-0.2, -0.15) is 0 Å². The minimum absolute atomic E-state index is 0.0841. The van der Waals surface area contributed by atoms with Crippen LogP contribution in [-0.4, -0.2) is 9.55 Å². The molecule has 14 heavy (non-hydrogen) atoms. The molecule has 78 valence electrons. The van der Waals surface area contributed by atoms with Crippen LogP contribution in [0.5, 0.6) is 0 Å². The molecule has 0 amide bonds. The van der Waals surface area contributed by atoms with E-state index in [0.717, 1.165) is 11.0 Å². The van der Waals surface area contributed by atoms with Crippen molar-refractivity contribution in [2.24, 2.45) is 5.92 Å². The van der Waals surface area contributed by atoms with Gasteiger partial charge in [-0.25, -0.2) is 4.79 Å². The lowest BCUT2D eigenvalue weighted by molar-refractivity contribution is 0.494. The summed E-state index contributed by atoms with van der Waals surface area (Å²) in [5.41, 5.74) is -0.789. The Balaban J connectivity index is 2.98. The van der Waals surface area contributed by atoms with Gasteiger partial charge in [-0.05, 0) is 12.3 Å². The first-order valence-corrected chi connectivity index (χ1v) is 4.88. The van der Waals surface area contributed by atoms with Crippen molar-refractivity contribution < 1.29 is 0 Å². The molecule has 0 unspecified atom stereocenters. The molecule has 4 nitrogen and oxygen atoms in total. The molecule has 0 saturated carbocycles. The van der Waals surface area contributed by atoms with Gasteiger partial charge in [0, 0.05) is 12.6 Å². The Labute approximate surface area is 86.5 Å². The van der Waals surface area contributed by atoms with Gasteiger partial charge in [-0.15, -0.1) is 0 Å². The van der Waals surface area contributed by atoms with E-state index in [0.29, 0.717) is 12.5 Å². The summed E-state index contributed by atoms with van der Waals surface area (Å²) in [6.45, 7) is 4.51. The summed E-state index contributed by atoms with van der Waals surface area (Å²) in [6.07, 6.45) is 0.796. The SMILES string of the molecule is CC(C)CCn1c(=O)cc(Cl)[nH]c1=O. The van der Waals surface area contributed by atoms with Crippen molar-refractivity contribution in [1.29, 1.82) is 0 Å². The Kier molecular flexibility index (Phi) is 3.52. The van der Waals surface area contributed by atoms with Gasteiger partial charge < -0.3 is 0 Å². The second-order valence-electron chi connectivity index (χ2n) is 3.59. The third-order valence-electron chi connectivity index (χ3n) is 1.92. The summed E-state index contributed by atoms with van der Waals surface area (Å²) < 4.78 is 1.16. The van der Waals surface area contributed by atoms with Gasteiger partial charge in [0.1, 0.15) is 5.15 Å². The minimum atomic E-state index is -0.442. The quantitative estimate of drug-likeness (QED) is 0.773. The molecule has 0 aliphatic rings. The van der Waals surface area contributed by atoms with Crippen molar-refractivity contribution in [2.75, 3.05) is 0 Å². The van der Waals surface area contributed by atoms with E-state index in [4.69, 9.17) is 11.6 Å². The molecule has 0 aliphatic heterocycles. The second kappa shape index (κ2) is 4.46. The Morgan fingerprint density at radius 3 is 2.64 bits per heavy atom. The lowest BCUT2D eigenvalue weighted by atomic mass is 10.1. The lowest BCUT2D eigenvalue weighted by Crippen LogP contribution is -2.34. The third kappa shape index (κ3) is 2.73. The first-order chi connectivity index (χ1) is 6.50. The second-order valence-corrected chi connectivity index (χ2v) is 4.00. The number of halogens is 1. The predicted molar refractivity (Wildman–Crippen MR) is 55.8 cm³/mol. The maximum absolute atomic E-state index is 11.3. The molecule has 0 bridgehead atoms. The van der Waals surface area contributed by atoms with Crippen LogP contribution in [0.25, 0.3) is 0 Å². The van der Waals surface area contributed by atoms with Crippen molar-refractivity contribution in [3.05, 3.63) is 32.1 Å². The van der Waals surface area contributed by atoms with Crippen LogP contribution in [0.4, 0.5) is 0 Å². The molecular weight excluding hydrogens is 204 g/mol. The summed E-state index contributed by atoms with van der Waals surface area (Å²) in [4.78, 5) is 25.0. The third-order valence-corrected chi connectivity index (χ3v) is 2.12. The molecule has 0 spiro atoms. The van der Waals surface area contributed by atoms with E-state index in [1.165, 1.54) is 6.07 Å². The van der Waals surface area contributed by atoms with Gasteiger partial charge in [0.15, 0.2) is 0 Å². The van der Waals surface area contributed by atoms with Crippen molar-refractivity contribution >= 4 is 11.6 Å². The summed E-state index contributed by atoms with van der Waals surface area (Å²) in [6, 6.07) is 1.21. The average molecular weight is 217 g/mol. The van der Waals surface area contributed by atoms with Crippen molar-refractivity contribution in [1.82, 2.24) is 9.55 Å². The monoisotopic (exact) mass is 216 g/mol. The molecule has 1 aromatic rings. The summed E-state index contributed by atoms with van der Waals surface area (Å²) in [7, 11) is 0. The molecule has 1 N–H and O–H groups in total. The fourth-order valence-corrected chi connectivity index (χ4v) is 1.27. The zero-order chi connectivity index (χ0) is 10.7. The first-order valence-electron chi connectivity index (χ1n) is 4.50. The fourth-order valence-electron chi connectivity index (χ4n) is 1.09. The molecule has 1 aromatic heterocycles. The Morgan fingerprint density at radius 1 is 1.50 bits per heavy atom. The smallest absolute Gasteiger partial charge is 0.298 e. The number of aromatic amines is 1. The van der Waals surface area contributed by atoms with Gasteiger partial charge in [0.2, 0.25) is 0 Å². The summed E-state index contributed by atoms with van der Waals surface area (Å²) >= 11 is 5.52. The van der Waals surface area contributed by atoms with E-state index < -0.39 is 5.69 Å². The molecule has 0 aliphatic carbocycles. The molecule has 5 heteroatoms. The Bertz CT molecular complexity index is 388. The highest BCUT2D eigenvalue weighted by molar-refractivity contribution is 6.29. The maximum atomic E-state index is 11.3. The fraction of sp³-hybridized carbons (Fsp3) is 0.556.